The number of fused-ring (bicyclic) bond motifs is 1. The van der Waals surface area contributed by atoms with Crippen LogP contribution in [0.5, 0.6) is 0 Å². The summed E-state index contributed by atoms with van der Waals surface area (Å²) in [4.78, 5) is 42.9. The summed E-state index contributed by atoms with van der Waals surface area (Å²) in [5.41, 5.74) is -0.352. The molecule has 3 fully saturated rings. The van der Waals surface area contributed by atoms with Crippen molar-refractivity contribution in [3.63, 3.8) is 0 Å². The second kappa shape index (κ2) is 13.7. The molecule has 15 heteroatoms. The van der Waals surface area contributed by atoms with Gasteiger partial charge in [0.25, 0.3) is 5.56 Å². The lowest BCUT2D eigenvalue weighted by atomic mass is 10.1. The van der Waals surface area contributed by atoms with Crippen LogP contribution < -0.4 is 11.2 Å². The van der Waals surface area contributed by atoms with Gasteiger partial charge < -0.3 is 33.2 Å². The summed E-state index contributed by atoms with van der Waals surface area (Å²) >= 11 is 0. The molecule has 4 heterocycles. The number of carbonyl (C=O) groups excluding carboxylic acids is 1. The van der Waals surface area contributed by atoms with E-state index >= 15 is 8.78 Å². The van der Waals surface area contributed by atoms with Crippen LogP contribution >= 0.6 is 0 Å². The number of benzene rings is 2. The number of alkyl halides is 2. The quantitative estimate of drug-likeness (QED) is 0.194. The number of ether oxygens (including phenoxy) is 7. The molecule has 48 heavy (non-hydrogen) atoms. The fourth-order valence-electron chi connectivity index (χ4n) is 5.80. The molecule has 256 valence electrons. The van der Waals surface area contributed by atoms with Gasteiger partial charge in [0.05, 0.1) is 12.2 Å². The van der Waals surface area contributed by atoms with Crippen LogP contribution in [0.3, 0.4) is 0 Å². The third kappa shape index (κ3) is 7.24. The lowest BCUT2D eigenvalue weighted by Gasteiger charge is -2.25. The van der Waals surface area contributed by atoms with Crippen LogP contribution in [-0.2, 0) is 39.8 Å². The number of H-pyrrole nitrogens is 1. The van der Waals surface area contributed by atoms with Crippen LogP contribution in [0.25, 0.3) is 0 Å². The monoisotopic (exact) mass is 671 g/mol. The molecule has 1 unspecified atom stereocenters. The van der Waals surface area contributed by atoms with E-state index in [1.54, 1.807) is 74.5 Å². The number of halogens is 2. The molecular weight excluding hydrogens is 636 g/mol. The minimum atomic E-state index is -3.64. The zero-order valence-electron chi connectivity index (χ0n) is 26.3. The highest BCUT2D eigenvalue weighted by Crippen LogP contribution is 2.43. The number of aromatic nitrogens is 2. The first-order chi connectivity index (χ1) is 22.9. The molecule has 1 N–H and O–H groups in total. The first-order valence-corrected chi connectivity index (χ1v) is 15.3. The molecule has 3 aliphatic heterocycles. The third-order valence-corrected chi connectivity index (χ3v) is 8.02. The van der Waals surface area contributed by atoms with Crippen LogP contribution in [-0.4, -0.2) is 83.1 Å². The number of hydrogen-bond donors (Lipinski definition) is 1. The molecule has 0 aliphatic carbocycles. The average Bonchev–Trinajstić information content (AvgIpc) is 3.63. The number of carbonyl (C=O) groups is 1. The van der Waals surface area contributed by atoms with Crippen molar-refractivity contribution in [1.29, 1.82) is 0 Å². The Bertz CT molecular complexity index is 1730. The SMILES string of the molecule is CC(=NC1O[C@H](COC(=O)c2ccccc2)[C@@H](OCc2ccccc2)C1(F)F)OC[C@H]1O[C@@H](n2ccc(=O)[nH]c2=O)[C@@H]2OC(C)(C)O[C@@H]21. The van der Waals surface area contributed by atoms with Crippen LogP contribution in [0.4, 0.5) is 8.78 Å². The highest BCUT2D eigenvalue weighted by Gasteiger charge is 2.61. The van der Waals surface area contributed by atoms with Gasteiger partial charge in [0.1, 0.15) is 37.6 Å². The average molecular weight is 672 g/mol. The standard InChI is InChI=1S/C33H35F2N3O10/c1-19(42-17-22-25-26(48-32(2,3)47-25)28(45-22)38-15-14-24(39)37-31(38)41)36-30-33(34,35)27(43-16-20-10-6-4-7-11-20)23(46-30)18-44-29(40)21-12-8-5-9-13-21/h4-15,22-23,25-28,30H,16-18H2,1-3H3,(H,37,39,41)/t22-,23-,25-,26-,27-,28-,30?/m1/s1. The summed E-state index contributed by atoms with van der Waals surface area (Å²) in [5.74, 6) is -5.50. The summed E-state index contributed by atoms with van der Waals surface area (Å²) < 4.78 is 73.4. The molecule has 0 radical (unpaired) electrons. The minimum absolute atomic E-state index is 0.140. The van der Waals surface area contributed by atoms with Gasteiger partial charge in [-0.05, 0) is 31.5 Å². The van der Waals surface area contributed by atoms with E-state index < -0.39 is 78.5 Å². The molecule has 3 saturated heterocycles. The molecule has 2 aromatic carbocycles. The van der Waals surface area contributed by atoms with Crippen molar-refractivity contribution in [2.75, 3.05) is 13.2 Å². The minimum Gasteiger partial charge on any atom is -0.478 e. The first-order valence-electron chi connectivity index (χ1n) is 15.3. The largest absolute Gasteiger partial charge is 0.478 e. The van der Waals surface area contributed by atoms with Gasteiger partial charge in [0, 0.05) is 19.2 Å². The Morgan fingerprint density at radius 3 is 2.29 bits per heavy atom. The molecule has 3 aliphatic rings. The van der Waals surface area contributed by atoms with Crippen molar-refractivity contribution in [1.82, 2.24) is 9.55 Å². The number of nitrogens with zero attached hydrogens (tertiary/aromatic N) is 2. The lowest BCUT2D eigenvalue weighted by Crippen LogP contribution is -2.43. The van der Waals surface area contributed by atoms with Crippen LogP contribution in [0, 0.1) is 0 Å². The lowest BCUT2D eigenvalue weighted by molar-refractivity contribution is -0.200. The normalized spacial score (nSPS) is 29.0. The highest BCUT2D eigenvalue weighted by molar-refractivity contribution is 5.89. The molecular formula is C33H35F2N3O10. The summed E-state index contributed by atoms with van der Waals surface area (Å²) in [6.07, 6.45) is -7.08. The fraction of sp³-hybridized carbons (Fsp3) is 0.455. The van der Waals surface area contributed by atoms with E-state index in [0.717, 1.165) is 0 Å². The number of aromatic amines is 1. The van der Waals surface area contributed by atoms with Gasteiger partial charge in [0.15, 0.2) is 24.0 Å². The van der Waals surface area contributed by atoms with Gasteiger partial charge in [-0.3, -0.25) is 14.3 Å². The second-order valence-electron chi connectivity index (χ2n) is 12.0. The molecule has 0 amide bonds. The summed E-state index contributed by atoms with van der Waals surface area (Å²) in [6.45, 7) is 3.94. The number of hydrogen-bond acceptors (Lipinski definition) is 11. The van der Waals surface area contributed by atoms with E-state index in [1.165, 1.54) is 23.8 Å². The Hall–Kier alpha value is -4.28. The molecule has 3 aromatic rings. The summed E-state index contributed by atoms with van der Waals surface area (Å²) in [7, 11) is 0. The molecule has 7 atom stereocenters. The highest BCUT2D eigenvalue weighted by atomic mass is 19.3. The van der Waals surface area contributed by atoms with Gasteiger partial charge in [-0.25, -0.2) is 14.6 Å². The van der Waals surface area contributed by atoms with Crippen LogP contribution in [0.2, 0.25) is 0 Å². The van der Waals surface area contributed by atoms with E-state index in [9.17, 15) is 14.4 Å². The Kier molecular flexibility index (Phi) is 9.58. The van der Waals surface area contributed by atoms with E-state index in [2.05, 4.69) is 9.98 Å². The summed E-state index contributed by atoms with van der Waals surface area (Å²) in [6, 6.07) is 18.1. The number of esters is 1. The van der Waals surface area contributed by atoms with Crippen molar-refractivity contribution in [3.05, 3.63) is 105 Å². The van der Waals surface area contributed by atoms with Crippen molar-refractivity contribution in [3.8, 4) is 0 Å². The van der Waals surface area contributed by atoms with Crippen molar-refractivity contribution in [2.24, 2.45) is 4.99 Å². The van der Waals surface area contributed by atoms with E-state index in [0.29, 0.717) is 5.56 Å². The predicted molar refractivity (Wildman–Crippen MR) is 163 cm³/mol. The van der Waals surface area contributed by atoms with Gasteiger partial charge >= 0.3 is 17.6 Å². The van der Waals surface area contributed by atoms with E-state index in [4.69, 9.17) is 33.2 Å². The van der Waals surface area contributed by atoms with Crippen molar-refractivity contribution >= 4 is 11.9 Å². The maximum Gasteiger partial charge on any atom is 0.338 e. The van der Waals surface area contributed by atoms with Gasteiger partial charge in [-0.1, -0.05) is 48.5 Å². The van der Waals surface area contributed by atoms with Crippen LogP contribution in [0.15, 0.2) is 87.5 Å². The molecule has 0 spiro atoms. The zero-order chi connectivity index (χ0) is 34.1. The molecule has 13 nitrogen and oxygen atoms in total. The van der Waals surface area contributed by atoms with Gasteiger partial charge in [-0.15, -0.1) is 0 Å². The van der Waals surface area contributed by atoms with E-state index in [1.807, 2.05) is 0 Å². The van der Waals surface area contributed by atoms with Gasteiger partial charge in [0.2, 0.25) is 6.23 Å². The molecule has 0 saturated carbocycles. The Morgan fingerprint density at radius 1 is 0.917 bits per heavy atom. The molecule has 6 rings (SSSR count). The zero-order valence-corrected chi connectivity index (χ0v) is 26.3. The Balaban J connectivity index is 1.15. The Labute approximate surface area is 273 Å². The fourth-order valence-corrected chi connectivity index (χ4v) is 5.80. The van der Waals surface area contributed by atoms with Gasteiger partial charge in [-0.2, -0.15) is 8.78 Å². The van der Waals surface area contributed by atoms with Crippen molar-refractivity contribution in [2.45, 2.75) is 82.1 Å². The molecule has 1 aromatic heterocycles. The maximum absolute atomic E-state index is 15.9. The number of nitrogens with one attached hydrogen (secondary N) is 1. The Morgan fingerprint density at radius 2 is 1.58 bits per heavy atom. The number of rotatable bonds is 10. The number of aliphatic imine (C=N–C) groups is 1. The van der Waals surface area contributed by atoms with Crippen LogP contribution in [0.1, 0.15) is 42.9 Å². The molecule has 0 bridgehead atoms. The predicted octanol–water partition coefficient (Wildman–Crippen LogP) is 3.19. The second-order valence-corrected chi connectivity index (χ2v) is 12.0. The third-order valence-electron chi connectivity index (χ3n) is 8.02. The van der Waals surface area contributed by atoms with Crippen molar-refractivity contribution < 1.29 is 46.7 Å². The summed E-state index contributed by atoms with van der Waals surface area (Å²) in [5, 5.41) is 0. The maximum atomic E-state index is 15.9. The van der Waals surface area contributed by atoms with E-state index in [-0.39, 0.29) is 24.7 Å². The smallest absolute Gasteiger partial charge is 0.338 e. The first kappa shape index (κ1) is 33.6. The topological polar surface area (TPSA) is 149 Å².